The van der Waals surface area contributed by atoms with Crippen molar-refractivity contribution >= 4 is 49.4 Å². The van der Waals surface area contributed by atoms with E-state index in [9.17, 15) is 9.59 Å². The fourth-order valence-corrected chi connectivity index (χ4v) is 4.16. The maximum atomic E-state index is 12.5. The number of hydrogen-bond acceptors (Lipinski definition) is 2. The molecule has 0 radical (unpaired) electrons. The largest absolute Gasteiger partial charge is 0.274 e. The average Bonchev–Trinajstić information content (AvgIpc) is 2.64. The van der Waals surface area contributed by atoms with Crippen LogP contribution in [0.2, 0.25) is 0 Å². The molecular weight excluding hydrogens is 374 g/mol. The number of benzene rings is 1. The van der Waals surface area contributed by atoms with E-state index in [1.165, 1.54) is 4.90 Å². The SMILES string of the molecule is O=C1[C@H]2C[C@H](Br)[C@@H](Br)C[C@H]2C(=O)N1c1ccccc1. The number of anilines is 1. The number of fused-ring (bicyclic) bond motifs is 1. The maximum absolute atomic E-state index is 12.5. The summed E-state index contributed by atoms with van der Waals surface area (Å²) in [5, 5.41) is 0. The molecule has 0 unspecified atom stereocenters. The highest BCUT2D eigenvalue weighted by Crippen LogP contribution is 2.44. The van der Waals surface area contributed by atoms with Crippen molar-refractivity contribution < 1.29 is 9.59 Å². The molecule has 3 nitrogen and oxygen atoms in total. The van der Waals surface area contributed by atoms with Crippen LogP contribution in [0.1, 0.15) is 12.8 Å². The summed E-state index contributed by atoms with van der Waals surface area (Å²) < 4.78 is 0. The molecule has 1 heterocycles. The molecule has 0 aromatic heterocycles. The van der Waals surface area contributed by atoms with Gasteiger partial charge in [0.2, 0.25) is 11.8 Å². The zero-order valence-corrected chi connectivity index (χ0v) is 13.3. The highest BCUT2D eigenvalue weighted by atomic mass is 79.9. The lowest BCUT2D eigenvalue weighted by molar-refractivity contribution is -0.122. The molecule has 0 N–H and O–H groups in total. The first-order valence-electron chi connectivity index (χ1n) is 6.30. The molecule has 1 aromatic carbocycles. The minimum Gasteiger partial charge on any atom is -0.274 e. The van der Waals surface area contributed by atoms with Crippen molar-refractivity contribution in [2.75, 3.05) is 4.90 Å². The molecule has 1 aliphatic carbocycles. The number of halogens is 2. The van der Waals surface area contributed by atoms with Gasteiger partial charge in [0.25, 0.3) is 0 Å². The summed E-state index contributed by atoms with van der Waals surface area (Å²) in [6, 6.07) is 9.19. The van der Waals surface area contributed by atoms with Gasteiger partial charge in [-0.05, 0) is 25.0 Å². The highest BCUT2D eigenvalue weighted by molar-refractivity contribution is 9.12. The highest BCUT2D eigenvalue weighted by Gasteiger charge is 2.52. The normalized spacial score (nSPS) is 34.5. The summed E-state index contributed by atoms with van der Waals surface area (Å²) in [6.45, 7) is 0. The summed E-state index contributed by atoms with van der Waals surface area (Å²) in [6.07, 6.45) is 1.43. The van der Waals surface area contributed by atoms with Crippen molar-refractivity contribution in [3.05, 3.63) is 30.3 Å². The van der Waals surface area contributed by atoms with Gasteiger partial charge in [0.05, 0.1) is 17.5 Å². The van der Waals surface area contributed by atoms with E-state index in [0.717, 1.165) is 0 Å². The summed E-state index contributed by atoms with van der Waals surface area (Å²) in [5.41, 5.74) is 0.684. The topological polar surface area (TPSA) is 37.4 Å². The van der Waals surface area contributed by atoms with Crippen LogP contribution in [0.3, 0.4) is 0 Å². The third-order valence-electron chi connectivity index (χ3n) is 3.93. The number of alkyl halides is 2. The van der Waals surface area contributed by atoms with Crippen molar-refractivity contribution in [1.29, 1.82) is 0 Å². The number of amides is 2. The second-order valence-corrected chi connectivity index (χ2v) is 7.42. The zero-order valence-electron chi connectivity index (χ0n) is 10.1. The molecule has 19 heavy (non-hydrogen) atoms. The molecule has 0 bridgehead atoms. The number of nitrogens with zero attached hydrogens (tertiary/aromatic N) is 1. The van der Waals surface area contributed by atoms with Gasteiger partial charge in [0.15, 0.2) is 0 Å². The molecule has 1 aliphatic heterocycles. The first-order valence-corrected chi connectivity index (χ1v) is 8.13. The smallest absolute Gasteiger partial charge is 0.237 e. The lowest BCUT2D eigenvalue weighted by atomic mass is 9.81. The third kappa shape index (κ3) is 2.17. The molecule has 0 spiro atoms. The minimum atomic E-state index is -0.175. The van der Waals surface area contributed by atoms with Crippen molar-refractivity contribution in [2.24, 2.45) is 11.8 Å². The van der Waals surface area contributed by atoms with Gasteiger partial charge in [-0.25, -0.2) is 0 Å². The Morgan fingerprint density at radius 2 is 1.37 bits per heavy atom. The van der Waals surface area contributed by atoms with E-state index in [0.29, 0.717) is 18.5 Å². The maximum Gasteiger partial charge on any atom is 0.237 e. The number of imide groups is 1. The molecule has 2 fully saturated rings. The molecular formula is C14H13Br2NO2. The fourth-order valence-electron chi connectivity index (χ4n) is 2.93. The van der Waals surface area contributed by atoms with E-state index in [4.69, 9.17) is 0 Å². The lowest BCUT2D eigenvalue weighted by Gasteiger charge is -2.29. The Morgan fingerprint density at radius 1 is 0.895 bits per heavy atom. The molecule has 2 aliphatic rings. The number of para-hydroxylation sites is 1. The van der Waals surface area contributed by atoms with Crippen LogP contribution in [0.25, 0.3) is 0 Å². The Hall–Kier alpha value is -0.680. The fraction of sp³-hybridized carbons (Fsp3) is 0.429. The van der Waals surface area contributed by atoms with Gasteiger partial charge >= 0.3 is 0 Å². The van der Waals surface area contributed by atoms with Gasteiger partial charge in [-0.3, -0.25) is 14.5 Å². The number of hydrogen-bond donors (Lipinski definition) is 0. The van der Waals surface area contributed by atoms with Gasteiger partial charge in [-0.1, -0.05) is 50.1 Å². The van der Waals surface area contributed by atoms with Crippen LogP contribution >= 0.6 is 31.9 Å². The predicted molar refractivity (Wildman–Crippen MR) is 80.6 cm³/mol. The number of carbonyl (C=O) groups is 2. The van der Waals surface area contributed by atoms with Crippen LogP contribution in [0.4, 0.5) is 5.69 Å². The van der Waals surface area contributed by atoms with Gasteiger partial charge < -0.3 is 0 Å². The van der Waals surface area contributed by atoms with Crippen molar-refractivity contribution in [2.45, 2.75) is 22.5 Å². The van der Waals surface area contributed by atoms with E-state index in [1.54, 1.807) is 0 Å². The zero-order chi connectivity index (χ0) is 13.6. The summed E-state index contributed by atoms with van der Waals surface area (Å²) in [4.78, 5) is 26.8. The van der Waals surface area contributed by atoms with E-state index in [-0.39, 0.29) is 33.3 Å². The number of carbonyl (C=O) groups excluding carboxylic acids is 2. The molecule has 5 heteroatoms. The van der Waals surface area contributed by atoms with Crippen LogP contribution in [0.15, 0.2) is 30.3 Å². The Labute approximate surface area is 128 Å². The lowest BCUT2D eigenvalue weighted by Crippen LogP contribution is -2.34. The molecule has 3 rings (SSSR count). The van der Waals surface area contributed by atoms with Crippen LogP contribution in [0.5, 0.6) is 0 Å². The average molecular weight is 387 g/mol. The standard InChI is InChI=1S/C14H13Br2NO2/c15-11-6-9-10(7-12(11)16)14(19)17(13(9)18)8-4-2-1-3-5-8/h1-5,9-12H,6-7H2/t9-,10+,11-,12-/m0/s1. The Morgan fingerprint density at radius 3 is 1.84 bits per heavy atom. The van der Waals surface area contributed by atoms with Crippen molar-refractivity contribution in [1.82, 2.24) is 0 Å². The summed E-state index contributed by atoms with van der Waals surface area (Å²) >= 11 is 7.17. The summed E-state index contributed by atoms with van der Waals surface area (Å²) in [7, 11) is 0. The molecule has 1 saturated carbocycles. The van der Waals surface area contributed by atoms with E-state index < -0.39 is 0 Å². The van der Waals surface area contributed by atoms with E-state index >= 15 is 0 Å². The van der Waals surface area contributed by atoms with Gasteiger partial charge in [-0.15, -0.1) is 0 Å². The van der Waals surface area contributed by atoms with Crippen LogP contribution in [-0.4, -0.2) is 21.5 Å². The Bertz CT molecular complexity index is 491. The van der Waals surface area contributed by atoms with Crippen LogP contribution in [0, 0.1) is 11.8 Å². The summed E-state index contributed by atoms with van der Waals surface area (Å²) in [5.74, 6) is -0.452. The second-order valence-electron chi connectivity index (χ2n) is 5.06. The van der Waals surface area contributed by atoms with E-state index in [1.807, 2.05) is 30.3 Å². The molecule has 1 aromatic rings. The third-order valence-corrected chi connectivity index (χ3v) is 6.66. The first-order chi connectivity index (χ1) is 9.09. The Balaban J connectivity index is 1.94. The molecule has 1 saturated heterocycles. The van der Waals surface area contributed by atoms with Gasteiger partial charge in [0.1, 0.15) is 0 Å². The van der Waals surface area contributed by atoms with Gasteiger partial charge in [-0.2, -0.15) is 0 Å². The van der Waals surface area contributed by atoms with E-state index in [2.05, 4.69) is 31.9 Å². The van der Waals surface area contributed by atoms with Crippen LogP contribution in [-0.2, 0) is 9.59 Å². The predicted octanol–water partition coefficient (Wildman–Crippen LogP) is 3.11. The number of rotatable bonds is 1. The van der Waals surface area contributed by atoms with Crippen molar-refractivity contribution in [3.63, 3.8) is 0 Å². The molecule has 100 valence electrons. The van der Waals surface area contributed by atoms with Crippen LogP contribution < -0.4 is 4.90 Å². The molecule has 4 atom stereocenters. The Kier molecular flexibility index (Phi) is 3.52. The second kappa shape index (κ2) is 5.02. The quantitative estimate of drug-likeness (QED) is 0.549. The van der Waals surface area contributed by atoms with Crippen molar-refractivity contribution in [3.8, 4) is 0 Å². The van der Waals surface area contributed by atoms with Gasteiger partial charge in [0, 0.05) is 9.65 Å². The first kappa shape index (κ1) is 13.3. The molecule has 2 amide bonds. The minimum absolute atomic E-state index is 0.0509. The monoisotopic (exact) mass is 385 g/mol.